The summed E-state index contributed by atoms with van der Waals surface area (Å²) in [6.45, 7) is 5.88. The van der Waals surface area contributed by atoms with Gasteiger partial charge in [-0.15, -0.1) is 0 Å². The summed E-state index contributed by atoms with van der Waals surface area (Å²) in [5.41, 5.74) is 0. The molecule has 0 spiro atoms. The summed E-state index contributed by atoms with van der Waals surface area (Å²) >= 11 is 0. The summed E-state index contributed by atoms with van der Waals surface area (Å²) in [5.74, 6) is 1.84. The summed E-state index contributed by atoms with van der Waals surface area (Å²) in [7, 11) is 4.17. The Morgan fingerprint density at radius 1 is 1.15 bits per heavy atom. The molecule has 0 unspecified atom stereocenters. The molecule has 1 aliphatic carbocycles. The fourth-order valence-electron chi connectivity index (χ4n) is 4.14. The Labute approximate surface area is 163 Å². The molecule has 150 valence electrons. The Bertz CT molecular complexity index is 563. The molecule has 2 fully saturated rings. The predicted molar refractivity (Wildman–Crippen MR) is 111 cm³/mol. The minimum Gasteiger partial charge on any atom is -0.356 e. The van der Waals surface area contributed by atoms with Crippen LogP contribution in [0.5, 0.6) is 0 Å². The molecule has 0 amide bonds. The lowest BCUT2D eigenvalue weighted by Gasteiger charge is -2.36. The smallest absolute Gasteiger partial charge is 0.225 e. The van der Waals surface area contributed by atoms with Crippen molar-refractivity contribution in [2.75, 3.05) is 58.3 Å². The maximum atomic E-state index is 4.48. The molecule has 1 saturated carbocycles. The molecule has 1 saturated heterocycles. The molecular weight excluding hydrogens is 338 g/mol. The van der Waals surface area contributed by atoms with Crippen molar-refractivity contribution >= 4 is 11.9 Å². The van der Waals surface area contributed by atoms with E-state index in [4.69, 9.17) is 0 Å². The molecule has 7 nitrogen and oxygen atoms in total. The zero-order valence-corrected chi connectivity index (χ0v) is 17.0. The van der Waals surface area contributed by atoms with Crippen molar-refractivity contribution in [2.24, 2.45) is 4.99 Å². The number of guanidine groups is 1. The van der Waals surface area contributed by atoms with E-state index in [1.54, 1.807) is 12.4 Å². The number of nitrogens with one attached hydrogen (secondary N) is 1. The first-order valence-electron chi connectivity index (χ1n) is 10.5. The normalized spacial score (nSPS) is 19.6. The second kappa shape index (κ2) is 10.4. The van der Waals surface area contributed by atoms with Crippen LogP contribution in [0.3, 0.4) is 0 Å². The van der Waals surface area contributed by atoms with Crippen LogP contribution in [0.1, 0.15) is 38.5 Å². The zero-order valence-electron chi connectivity index (χ0n) is 17.0. The van der Waals surface area contributed by atoms with E-state index in [1.807, 2.05) is 13.1 Å². The fourth-order valence-corrected chi connectivity index (χ4v) is 4.14. The molecule has 2 heterocycles. The van der Waals surface area contributed by atoms with Crippen LogP contribution < -0.4 is 10.2 Å². The van der Waals surface area contributed by atoms with E-state index in [1.165, 1.54) is 32.1 Å². The van der Waals surface area contributed by atoms with Gasteiger partial charge in [0.05, 0.1) is 0 Å². The van der Waals surface area contributed by atoms with Gasteiger partial charge in [0.1, 0.15) is 0 Å². The Hall–Kier alpha value is -1.89. The number of aliphatic imine (C=N–C) groups is 1. The van der Waals surface area contributed by atoms with E-state index in [0.717, 1.165) is 63.6 Å². The maximum absolute atomic E-state index is 4.48. The number of nitrogens with zero attached hydrogens (tertiary/aromatic N) is 6. The Balaban J connectivity index is 1.36. The van der Waals surface area contributed by atoms with Crippen LogP contribution in [0.4, 0.5) is 5.95 Å². The largest absolute Gasteiger partial charge is 0.356 e. The molecule has 1 aromatic rings. The lowest BCUT2D eigenvalue weighted by Crippen LogP contribution is -2.53. The molecule has 0 atom stereocenters. The minimum absolute atomic E-state index is 0.798. The van der Waals surface area contributed by atoms with Gasteiger partial charge in [0.15, 0.2) is 5.96 Å². The first kappa shape index (κ1) is 19.9. The van der Waals surface area contributed by atoms with E-state index in [9.17, 15) is 0 Å². The molecule has 27 heavy (non-hydrogen) atoms. The number of aromatic nitrogens is 2. The highest BCUT2D eigenvalue weighted by atomic mass is 15.4. The van der Waals surface area contributed by atoms with Crippen LogP contribution in [-0.2, 0) is 0 Å². The summed E-state index contributed by atoms with van der Waals surface area (Å²) in [6, 6.07) is 2.66. The van der Waals surface area contributed by atoms with E-state index in [2.05, 4.69) is 42.0 Å². The van der Waals surface area contributed by atoms with E-state index >= 15 is 0 Å². The molecule has 1 aromatic heterocycles. The van der Waals surface area contributed by atoms with Gasteiger partial charge in [0, 0.05) is 58.2 Å². The van der Waals surface area contributed by atoms with Crippen LogP contribution in [0.25, 0.3) is 0 Å². The van der Waals surface area contributed by atoms with Crippen LogP contribution in [0, 0.1) is 0 Å². The highest BCUT2D eigenvalue weighted by molar-refractivity contribution is 5.80. The van der Waals surface area contributed by atoms with Gasteiger partial charge in [-0.2, -0.15) is 0 Å². The third-order valence-corrected chi connectivity index (χ3v) is 5.79. The molecule has 1 aliphatic heterocycles. The molecule has 7 heteroatoms. The minimum atomic E-state index is 0.798. The van der Waals surface area contributed by atoms with Crippen LogP contribution in [-0.4, -0.2) is 85.1 Å². The maximum Gasteiger partial charge on any atom is 0.225 e. The first-order chi connectivity index (χ1) is 13.3. The second-order valence-electron chi connectivity index (χ2n) is 7.62. The molecule has 1 N–H and O–H groups in total. The molecule has 0 bridgehead atoms. The lowest BCUT2D eigenvalue weighted by molar-refractivity contribution is 0.190. The van der Waals surface area contributed by atoms with Crippen LogP contribution >= 0.6 is 0 Å². The van der Waals surface area contributed by atoms with E-state index in [0.29, 0.717) is 0 Å². The van der Waals surface area contributed by atoms with Crippen molar-refractivity contribution in [2.45, 2.75) is 44.6 Å². The van der Waals surface area contributed by atoms with Gasteiger partial charge in [0.25, 0.3) is 0 Å². The van der Waals surface area contributed by atoms with Crippen molar-refractivity contribution in [1.29, 1.82) is 0 Å². The Kier molecular flexibility index (Phi) is 7.68. The van der Waals surface area contributed by atoms with Gasteiger partial charge in [-0.25, -0.2) is 9.97 Å². The highest BCUT2D eigenvalue weighted by Crippen LogP contribution is 2.21. The van der Waals surface area contributed by atoms with Crippen LogP contribution in [0.15, 0.2) is 23.5 Å². The standard InChI is InChI=1S/C20H35N7/c1-21-19(22-12-7-13-25(2)18-8-4-3-5-9-18)26-14-16-27(17-15-26)20-23-10-6-11-24-20/h6,10-11,18H,3-5,7-9,12-17H2,1-2H3,(H,21,22). The van der Waals surface area contributed by atoms with Gasteiger partial charge in [-0.3, -0.25) is 4.99 Å². The molecule has 3 rings (SSSR count). The van der Waals surface area contributed by atoms with Crippen LogP contribution in [0.2, 0.25) is 0 Å². The fraction of sp³-hybridized carbons (Fsp3) is 0.750. The van der Waals surface area contributed by atoms with Gasteiger partial charge in [-0.1, -0.05) is 19.3 Å². The monoisotopic (exact) mass is 373 g/mol. The van der Waals surface area contributed by atoms with E-state index < -0.39 is 0 Å². The molecule has 0 aromatic carbocycles. The van der Waals surface area contributed by atoms with Crippen molar-refractivity contribution in [3.63, 3.8) is 0 Å². The summed E-state index contributed by atoms with van der Waals surface area (Å²) in [6.07, 6.45) is 11.7. The average Bonchev–Trinajstić information content (AvgIpc) is 2.75. The third kappa shape index (κ3) is 5.79. The second-order valence-corrected chi connectivity index (χ2v) is 7.62. The third-order valence-electron chi connectivity index (χ3n) is 5.79. The van der Waals surface area contributed by atoms with Gasteiger partial charge < -0.3 is 20.0 Å². The van der Waals surface area contributed by atoms with Crippen molar-refractivity contribution in [3.8, 4) is 0 Å². The number of hydrogen-bond acceptors (Lipinski definition) is 5. The average molecular weight is 374 g/mol. The quantitative estimate of drug-likeness (QED) is 0.466. The van der Waals surface area contributed by atoms with Crippen molar-refractivity contribution in [3.05, 3.63) is 18.5 Å². The van der Waals surface area contributed by atoms with Crippen molar-refractivity contribution in [1.82, 2.24) is 25.1 Å². The number of piperazine rings is 1. The van der Waals surface area contributed by atoms with Gasteiger partial charge >= 0.3 is 0 Å². The summed E-state index contributed by atoms with van der Waals surface area (Å²) in [4.78, 5) is 20.3. The summed E-state index contributed by atoms with van der Waals surface area (Å²) in [5, 5.41) is 3.55. The molecule has 0 radical (unpaired) electrons. The zero-order chi connectivity index (χ0) is 18.9. The first-order valence-corrected chi connectivity index (χ1v) is 10.5. The van der Waals surface area contributed by atoms with Crippen molar-refractivity contribution < 1.29 is 0 Å². The Morgan fingerprint density at radius 2 is 1.85 bits per heavy atom. The summed E-state index contributed by atoms with van der Waals surface area (Å²) < 4.78 is 0. The Morgan fingerprint density at radius 3 is 2.52 bits per heavy atom. The number of anilines is 1. The number of rotatable bonds is 6. The van der Waals surface area contributed by atoms with Gasteiger partial charge in [0.2, 0.25) is 5.95 Å². The lowest BCUT2D eigenvalue weighted by atomic mass is 9.94. The topological polar surface area (TPSA) is 59.9 Å². The molecular formula is C20H35N7. The predicted octanol–water partition coefficient (Wildman–Crippen LogP) is 1.83. The van der Waals surface area contributed by atoms with E-state index in [-0.39, 0.29) is 0 Å². The van der Waals surface area contributed by atoms with Gasteiger partial charge in [-0.05, 0) is 38.9 Å². The molecule has 2 aliphatic rings. The SMILES string of the molecule is CN=C(NCCCN(C)C1CCCCC1)N1CCN(c2ncccn2)CC1. The highest BCUT2D eigenvalue weighted by Gasteiger charge is 2.21. The number of hydrogen-bond donors (Lipinski definition) is 1.